The van der Waals surface area contributed by atoms with Crippen LogP contribution in [0.15, 0.2) is 30.3 Å². The number of nitrogens with one attached hydrogen (secondary N) is 2. The van der Waals surface area contributed by atoms with Crippen LogP contribution < -0.4 is 10.6 Å². The van der Waals surface area contributed by atoms with Gasteiger partial charge in [0.2, 0.25) is 0 Å². The second-order valence-electron chi connectivity index (χ2n) is 6.03. The molecule has 22 heavy (non-hydrogen) atoms. The Hall–Kier alpha value is -1.85. The fourth-order valence-corrected chi connectivity index (χ4v) is 3.43. The second-order valence-corrected chi connectivity index (χ2v) is 6.47. The van der Waals surface area contributed by atoms with Crippen LogP contribution in [0.2, 0.25) is 5.02 Å². The summed E-state index contributed by atoms with van der Waals surface area (Å²) >= 11 is 5.90. The molecule has 1 saturated carbocycles. The van der Waals surface area contributed by atoms with E-state index in [2.05, 4.69) is 15.7 Å². The molecule has 1 aliphatic carbocycles. The van der Waals surface area contributed by atoms with Gasteiger partial charge in [-0.05, 0) is 30.0 Å². The lowest BCUT2D eigenvalue weighted by Gasteiger charge is -2.07. The van der Waals surface area contributed by atoms with Crippen molar-refractivity contribution >= 4 is 17.5 Å². The summed E-state index contributed by atoms with van der Waals surface area (Å²) in [5, 5.41) is 11.6. The van der Waals surface area contributed by atoms with E-state index in [0.717, 1.165) is 24.3 Å². The zero-order valence-electron chi connectivity index (χ0n) is 12.2. The molecule has 2 fully saturated rings. The molecule has 2 heterocycles. The van der Waals surface area contributed by atoms with Crippen molar-refractivity contribution in [1.82, 2.24) is 20.4 Å². The van der Waals surface area contributed by atoms with E-state index < -0.39 is 0 Å². The third-order valence-electron chi connectivity index (χ3n) is 4.64. The highest BCUT2D eigenvalue weighted by molar-refractivity contribution is 6.30. The van der Waals surface area contributed by atoms with Gasteiger partial charge in [0.05, 0.1) is 5.69 Å². The first-order valence-electron chi connectivity index (χ1n) is 7.45. The number of hydrogen-bond donors (Lipinski definition) is 2. The fraction of sp³-hybridized carbons (Fsp3) is 0.375. The number of carbonyl (C=O) groups excluding carboxylic acids is 1. The van der Waals surface area contributed by atoms with E-state index in [1.165, 1.54) is 0 Å². The fourth-order valence-electron chi connectivity index (χ4n) is 3.30. The predicted molar refractivity (Wildman–Crippen MR) is 84.8 cm³/mol. The summed E-state index contributed by atoms with van der Waals surface area (Å²) in [7, 11) is 1.80. The highest BCUT2D eigenvalue weighted by Gasteiger charge is 2.53. The first-order valence-corrected chi connectivity index (χ1v) is 7.83. The lowest BCUT2D eigenvalue weighted by atomic mass is 10.1. The molecule has 1 saturated heterocycles. The molecule has 0 bridgehead atoms. The van der Waals surface area contributed by atoms with Gasteiger partial charge in [0.15, 0.2) is 0 Å². The number of rotatable bonds is 3. The van der Waals surface area contributed by atoms with E-state index in [9.17, 15) is 4.79 Å². The molecule has 5 nitrogen and oxygen atoms in total. The molecule has 1 unspecified atom stereocenters. The number of carbonyl (C=O) groups is 1. The van der Waals surface area contributed by atoms with Crippen molar-refractivity contribution < 1.29 is 4.79 Å². The van der Waals surface area contributed by atoms with Crippen LogP contribution >= 0.6 is 11.6 Å². The Morgan fingerprint density at radius 2 is 2.00 bits per heavy atom. The maximum absolute atomic E-state index is 12.4. The first kappa shape index (κ1) is 13.8. The molecule has 4 rings (SSSR count). The van der Waals surface area contributed by atoms with Crippen molar-refractivity contribution in [2.24, 2.45) is 18.9 Å². The molecule has 2 aliphatic rings. The van der Waals surface area contributed by atoms with Crippen molar-refractivity contribution in [3.05, 3.63) is 41.0 Å². The van der Waals surface area contributed by atoms with E-state index in [0.29, 0.717) is 28.6 Å². The molecule has 2 N–H and O–H groups in total. The van der Waals surface area contributed by atoms with Gasteiger partial charge in [-0.2, -0.15) is 5.10 Å². The monoisotopic (exact) mass is 316 g/mol. The molecule has 1 aliphatic heterocycles. The van der Waals surface area contributed by atoms with E-state index >= 15 is 0 Å². The molecule has 2 aromatic rings. The maximum Gasteiger partial charge on any atom is 0.269 e. The Labute approximate surface area is 133 Å². The van der Waals surface area contributed by atoms with E-state index in [1.807, 2.05) is 30.3 Å². The number of amides is 1. The number of fused-ring (bicyclic) bond motifs is 1. The van der Waals surface area contributed by atoms with Crippen molar-refractivity contribution in [1.29, 1.82) is 0 Å². The molecule has 0 spiro atoms. The van der Waals surface area contributed by atoms with E-state index in [4.69, 9.17) is 11.6 Å². The molecule has 1 amide bonds. The SMILES string of the molecule is Cn1nc(-c2ccc(Cl)cc2)cc1C(=O)NC1[C@H]2CNC[C@@H]12. The molecule has 3 atom stereocenters. The minimum atomic E-state index is -0.0467. The van der Waals surface area contributed by atoms with Crippen molar-refractivity contribution in [3.63, 3.8) is 0 Å². The lowest BCUT2D eigenvalue weighted by Crippen LogP contribution is -2.33. The summed E-state index contributed by atoms with van der Waals surface area (Å²) in [5.41, 5.74) is 2.32. The van der Waals surface area contributed by atoms with Gasteiger partial charge in [-0.25, -0.2) is 0 Å². The summed E-state index contributed by atoms with van der Waals surface area (Å²) in [5.74, 6) is 1.16. The Balaban J connectivity index is 1.52. The number of benzene rings is 1. The minimum absolute atomic E-state index is 0.0467. The van der Waals surface area contributed by atoms with Gasteiger partial charge >= 0.3 is 0 Å². The third-order valence-corrected chi connectivity index (χ3v) is 4.89. The van der Waals surface area contributed by atoms with E-state index in [1.54, 1.807) is 11.7 Å². The summed E-state index contributed by atoms with van der Waals surface area (Å²) in [6.45, 7) is 2.02. The summed E-state index contributed by atoms with van der Waals surface area (Å²) in [4.78, 5) is 12.4. The average molecular weight is 317 g/mol. The van der Waals surface area contributed by atoms with Gasteiger partial charge in [0, 0.05) is 36.8 Å². The van der Waals surface area contributed by atoms with Crippen LogP contribution in [0, 0.1) is 11.8 Å². The largest absolute Gasteiger partial charge is 0.347 e. The Kier molecular flexibility index (Phi) is 3.20. The molecule has 1 aromatic heterocycles. The quantitative estimate of drug-likeness (QED) is 0.906. The van der Waals surface area contributed by atoms with Crippen LogP contribution in [0.4, 0.5) is 0 Å². The van der Waals surface area contributed by atoms with Gasteiger partial charge in [-0.15, -0.1) is 0 Å². The first-order chi connectivity index (χ1) is 10.6. The molecule has 6 heteroatoms. The Morgan fingerprint density at radius 1 is 1.32 bits per heavy atom. The predicted octanol–water partition coefficient (Wildman–Crippen LogP) is 1.69. The number of hydrogen-bond acceptors (Lipinski definition) is 3. The van der Waals surface area contributed by atoms with Crippen LogP contribution in [0.1, 0.15) is 10.5 Å². The topological polar surface area (TPSA) is 59.0 Å². The highest BCUT2D eigenvalue weighted by Crippen LogP contribution is 2.41. The Morgan fingerprint density at radius 3 is 2.68 bits per heavy atom. The third kappa shape index (κ3) is 2.30. The normalized spacial score (nSPS) is 25.8. The molecule has 0 radical (unpaired) electrons. The number of aromatic nitrogens is 2. The Bertz CT molecular complexity index is 714. The molecule has 114 valence electrons. The van der Waals surface area contributed by atoms with Crippen molar-refractivity contribution in [2.45, 2.75) is 6.04 Å². The molecular formula is C16H17ClN4O. The average Bonchev–Trinajstić information content (AvgIpc) is 2.89. The van der Waals surface area contributed by atoms with Crippen LogP contribution in [-0.2, 0) is 7.05 Å². The zero-order valence-corrected chi connectivity index (χ0v) is 13.0. The van der Waals surface area contributed by atoms with Crippen molar-refractivity contribution in [3.8, 4) is 11.3 Å². The van der Waals surface area contributed by atoms with Gasteiger partial charge in [-0.1, -0.05) is 23.7 Å². The lowest BCUT2D eigenvalue weighted by molar-refractivity contribution is 0.0937. The molecule has 1 aromatic carbocycles. The summed E-state index contributed by atoms with van der Waals surface area (Å²) in [6.07, 6.45) is 0. The minimum Gasteiger partial charge on any atom is -0.347 e. The highest BCUT2D eigenvalue weighted by atomic mass is 35.5. The van der Waals surface area contributed by atoms with Gasteiger partial charge in [0.1, 0.15) is 5.69 Å². The summed E-state index contributed by atoms with van der Waals surface area (Å²) < 4.78 is 1.63. The number of aryl methyl sites for hydroxylation is 1. The standard InChI is InChI=1S/C16H17ClN4O/c1-21-14(16(22)19-15-11-7-18-8-12(11)15)6-13(20-21)9-2-4-10(17)5-3-9/h2-6,11-12,15,18H,7-8H2,1H3,(H,19,22)/t11-,12+,15?. The smallest absolute Gasteiger partial charge is 0.269 e. The van der Waals surface area contributed by atoms with Gasteiger partial charge in [-0.3, -0.25) is 9.48 Å². The maximum atomic E-state index is 12.4. The molecular weight excluding hydrogens is 300 g/mol. The number of halogens is 1. The number of nitrogens with zero attached hydrogens (tertiary/aromatic N) is 2. The van der Waals surface area contributed by atoms with Crippen LogP contribution in [0.25, 0.3) is 11.3 Å². The van der Waals surface area contributed by atoms with Gasteiger partial charge in [0.25, 0.3) is 5.91 Å². The second kappa shape index (κ2) is 5.11. The summed E-state index contributed by atoms with van der Waals surface area (Å²) in [6, 6.07) is 9.61. The van der Waals surface area contributed by atoms with Crippen LogP contribution in [0.3, 0.4) is 0 Å². The zero-order chi connectivity index (χ0) is 15.3. The van der Waals surface area contributed by atoms with Crippen LogP contribution in [0.5, 0.6) is 0 Å². The number of piperidine rings is 1. The van der Waals surface area contributed by atoms with Crippen molar-refractivity contribution in [2.75, 3.05) is 13.1 Å². The van der Waals surface area contributed by atoms with Gasteiger partial charge < -0.3 is 10.6 Å². The van der Waals surface area contributed by atoms with E-state index in [-0.39, 0.29) is 5.91 Å². The van der Waals surface area contributed by atoms with Crippen LogP contribution in [-0.4, -0.2) is 34.8 Å².